The van der Waals surface area contributed by atoms with Crippen LogP contribution in [0, 0.1) is 19.8 Å². The maximum Gasteiger partial charge on any atom is 0.174 e. The van der Waals surface area contributed by atoms with Gasteiger partial charge in [-0.2, -0.15) is 0 Å². The van der Waals surface area contributed by atoms with Crippen LogP contribution in [0.4, 0.5) is 17.1 Å². The van der Waals surface area contributed by atoms with Crippen LogP contribution in [0.1, 0.15) is 54.5 Å². The number of rotatable bonds is 6. The van der Waals surface area contributed by atoms with Crippen molar-refractivity contribution in [2.75, 3.05) is 41.9 Å². The number of piperidine rings is 1. The van der Waals surface area contributed by atoms with E-state index in [2.05, 4.69) is 114 Å². The Labute approximate surface area is 259 Å². The summed E-state index contributed by atoms with van der Waals surface area (Å²) in [6.07, 6.45) is 4.24. The third-order valence-corrected chi connectivity index (χ3v) is 9.46. The molecular weight excluding hydrogens is 560 g/mol. The Morgan fingerprint density at radius 3 is 2.31 bits per heavy atom. The number of benzene rings is 2. The van der Waals surface area contributed by atoms with E-state index < -0.39 is 0 Å². The van der Waals surface area contributed by atoms with Crippen molar-refractivity contribution < 1.29 is 0 Å². The molecule has 2 aliphatic heterocycles. The fourth-order valence-corrected chi connectivity index (χ4v) is 7.13. The number of halogens is 1. The molecule has 6 nitrogen and oxygen atoms in total. The quantitative estimate of drug-likeness (QED) is 0.230. The number of pyridine rings is 1. The SMILES string of the molecule is Cc1cc([C@@H]2[C@@H](c3ccccn3)NC(=S)N2c2ccc(N3CCC(C)CC3)c(Cl)c2)c(C)n1-c1ccc(N(C)C)cc1. The van der Waals surface area contributed by atoms with Gasteiger partial charge in [-0.05, 0) is 111 Å². The van der Waals surface area contributed by atoms with Crippen molar-refractivity contribution in [3.8, 4) is 5.69 Å². The van der Waals surface area contributed by atoms with E-state index in [1.165, 1.54) is 35.5 Å². The van der Waals surface area contributed by atoms with Crippen LogP contribution in [-0.4, -0.2) is 41.8 Å². The largest absolute Gasteiger partial charge is 0.378 e. The van der Waals surface area contributed by atoms with Crippen molar-refractivity contribution in [3.05, 3.63) is 101 Å². The molecule has 0 radical (unpaired) electrons. The van der Waals surface area contributed by atoms with Crippen molar-refractivity contribution in [3.63, 3.8) is 0 Å². The van der Waals surface area contributed by atoms with Gasteiger partial charge in [0, 0.05) is 61.8 Å². The summed E-state index contributed by atoms with van der Waals surface area (Å²) in [7, 11) is 4.13. The van der Waals surface area contributed by atoms with Crippen molar-refractivity contribution in [1.82, 2.24) is 14.9 Å². The number of anilines is 3. The normalized spacial score (nSPS) is 19.3. The van der Waals surface area contributed by atoms with Crippen LogP contribution in [0.3, 0.4) is 0 Å². The van der Waals surface area contributed by atoms with Gasteiger partial charge in [-0.25, -0.2) is 0 Å². The number of thiocarbonyl (C=S) groups is 1. The predicted octanol–water partition coefficient (Wildman–Crippen LogP) is 7.62. The van der Waals surface area contributed by atoms with Crippen LogP contribution < -0.4 is 20.0 Å². The molecule has 6 rings (SSSR count). The molecular formula is C34H39ClN6S. The molecule has 218 valence electrons. The van der Waals surface area contributed by atoms with E-state index in [1.54, 1.807) is 0 Å². The predicted molar refractivity (Wildman–Crippen MR) is 180 cm³/mol. The molecule has 2 atom stereocenters. The van der Waals surface area contributed by atoms with Gasteiger partial charge < -0.3 is 24.6 Å². The van der Waals surface area contributed by atoms with Gasteiger partial charge >= 0.3 is 0 Å². The van der Waals surface area contributed by atoms with Crippen molar-refractivity contribution >= 4 is 46.0 Å². The Balaban J connectivity index is 1.42. The second-order valence-electron chi connectivity index (χ2n) is 11.9. The average Bonchev–Trinajstić information content (AvgIpc) is 3.48. The third kappa shape index (κ3) is 5.25. The standard InChI is InChI=1S/C34H39ClN6S/c1-22-15-18-39(19-16-22)31-14-13-27(21-29(31)35)41-33(32(37-34(41)42)30-8-6-7-17-36-30)28-20-23(2)40(24(28)3)26-11-9-25(10-12-26)38(4)5/h6-14,17,20-22,32-33H,15-16,18-19H2,1-5H3,(H,37,42)/t32-,33-/m1/s1. The highest BCUT2D eigenvalue weighted by atomic mass is 35.5. The molecule has 0 unspecified atom stereocenters. The first-order chi connectivity index (χ1) is 20.2. The second kappa shape index (κ2) is 11.6. The fourth-order valence-electron chi connectivity index (χ4n) is 6.48. The van der Waals surface area contributed by atoms with E-state index in [4.69, 9.17) is 28.8 Å². The number of hydrogen-bond acceptors (Lipinski definition) is 4. The molecule has 0 aliphatic carbocycles. The molecule has 2 aromatic carbocycles. The fraction of sp³-hybridized carbons (Fsp3) is 0.353. The Morgan fingerprint density at radius 2 is 1.67 bits per heavy atom. The highest BCUT2D eigenvalue weighted by Crippen LogP contribution is 2.45. The topological polar surface area (TPSA) is 39.6 Å². The van der Waals surface area contributed by atoms with E-state index in [1.807, 2.05) is 18.3 Å². The summed E-state index contributed by atoms with van der Waals surface area (Å²) < 4.78 is 2.33. The van der Waals surface area contributed by atoms with Crippen molar-refractivity contribution in [2.24, 2.45) is 5.92 Å². The van der Waals surface area contributed by atoms with Gasteiger partial charge in [-0.3, -0.25) is 4.98 Å². The molecule has 0 spiro atoms. The highest BCUT2D eigenvalue weighted by molar-refractivity contribution is 7.80. The number of nitrogens with zero attached hydrogens (tertiary/aromatic N) is 5. The lowest BCUT2D eigenvalue weighted by Crippen LogP contribution is -2.33. The Morgan fingerprint density at radius 1 is 0.952 bits per heavy atom. The molecule has 0 amide bonds. The molecule has 2 saturated heterocycles. The lowest BCUT2D eigenvalue weighted by Gasteiger charge is -2.33. The molecule has 2 aromatic heterocycles. The zero-order chi connectivity index (χ0) is 29.5. The van der Waals surface area contributed by atoms with Crippen LogP contribution in [-0.2, 0) is 0 Å². The van der Waals surface area contributed by atoms with Crippen molar-refractivity contribution in [1.29, 1.82) is 0 Å². The summed E-state index contributed by atoms with van der Waals surface area (Å²) >= 11 is 13.0. The monoisotopic (exact) mass is 598 g/mol. The summed E-state index contributed by atoms with van der Waals surface area (Å²) in [4.78, 5) is 11.5. The summed E-state index contributed by atoms with van der Waals surface area (Å²) in [5, 5.41) is 5.04. The van der Waals surface area contributed by atoms with Crippen LogP contribution in [0.5, 0.6) is 0 Å². The zero-order valence-corrected chi connectivity index (χ0v) is 26.6. The Bertz CT molecular complexity index is 1570. The van der Waals surface area contributed by atoms with Crippen LogP contribution in [0.25, 0.3) is 5.69 Å². The smallest absolute Gasteiger partial charge is 0.174 e. The van der Waals surface area contributed by atoms with Gasteiger partial charge in [0.15, 0.2) is 5.11 Å². The Kier molecular flexibility index (Phi) is 7.90. The van der Waals surface area contributed by atoms with Crippen LogP contribution >= 0.6 is 23.8 Å². The minimum Gasteiger partial charge on any atom is -0.378 e. The molecule has 1 N–H and O–H groups in total. The molecule has 4 aromatic rings. The van der Waals surface area contributed by atoms with Gasteiger partial charge in [0.05, 0.1) is 28.5 Å². The first-order valence-corrected chi connectivity index (χ1v) is 15.5. The average molecular weight is 599 g/mol. The van der Waals surface area contributed by atoms with Crippen LogP contribution in [0.2, 0.25) is 5.02 Å². The Hall–Kier alpha value is -3.55. The molecule has 8 heteroatoms. The molecule has 42 heavy (non-hydrogen) atoms. The first kappa shape index (κ1) is 28.6. The maximum absolute atomic E-state index is 7.00. The summed E-state index contributed by atoms with van der Waals surface area (Å²) in [6, 6.07) is 23.2. The first-order valence-electron chi connectivity index (χ1n) is 14.7. The maximum atomic E-state index is 7.00. The number of aryl methyl sites for hydroxylation is 1. The molecule has 0 bridgehead atoms. The highest BCUT2D eigenvalue weighted by Gasteiger charge is 2.42. The molecule has 2 fully saturated rings. The summed E-state index contributed by atoms with van der Waals surface area (Å²) in [6.45, 7) is 8.77. The lowest BCUT2D eigenvalue weighted by molar-refractivity contribution is 0.438. The zero-order valence-electron chi connectivity index (χ0n) is 25.0. The van der Waals surface area contributed by atoms with E-state index in [9.17, 15) is 0 Å². The van der Waals surface area contributed by atoms with E-state index in [-0.39, 0.29) is 12.1 Å². The number of aromatic nitrogens is 2. The summed E-state index contributed by atoms with van der Waals surface area (Å²) in [5.41, 5.74) is 8.91. The lowest BCUT2D eigenvalue weighted by atomic mass is 9.96. The third-order valence-electron chi connectivity index (χ3n) is 8.85. The number of hydrogen-bond donors (Lipinski definition) is 1. The van der Waals surface area contributed by atoms with E-state index in [0.717, 1.165) is 46.8 Å². The molecule has 2 aliphatic rings. The second-order valence-corrected chi connectivity index (χ2v) is 12.7. The van der Waals surface area contributed by atoms with E-state index >= 15 is 0 Å². The summed E-state index contributed by atoms with van der Waals surface area (Å²) in [5.74, 6) is 0.765. The molecule has 0 saturated carbocycles. The van der Waals surface area contributed by atoms with Gasteiger partial charge in [-0.1, -0.05) is 24.6 Å². The van der Waals surface area contributed by atoms with Gasteiger partial charge in [0.25, 0.3) is 0 Å². The molecule has 4 heterocycles. The van der Waals surface area contributed by atoms with Gasteiger partial charge in [0.1, 0.15) is 0 Å². The number of nitrogens with one attached hydrogen (secondary N) is 1. The van der Waals surface area contributed by atoms with Crippen molar-refractivity contribution in [2.45, 2.75) is 45.7 Å². The minimum atomic E-state index is -0.120. The van der Waals surface area contributed by atoms with Gasteiger partial charge in [-0.15, -0.1) is 0 Å². The van der Waals surface area contributed by atoms with E-state index in [0.29, 0.717) is 5.11 Å². The van der Waals surface area contributed by atoms with Crippen LogP contribution in [0.15, 0.2) is 72.9 Å². The van der Waals surface area contributed by atoms with Gasteiger partial charge in [0.2, 0.25) is 0 Å². The minimum absolute atomic E-state index is 0.105.